The number of rotatable bonds is 5. The Hall–Kier alpha value is -1.87. The number of nitriles is 1. The third kappa shape index (κ3) is 3.72. The van der Waals surface area contributed by atoms with Gasteiger partial charge in [-0.1, -0.05) is 13.8 Å². The smallest absolute Gasteiger partial charge is 0.235 e. The minimum absolute atomic E-state index is 0.0626. The number of fused-ring (bicyclic) bond motifs is 1. The van der Waals surface area contributed by atoms with Crippen LogP contribution in [0.1, 0.15) is 69.7 Å². The van der Waals surface area contributed by atoms with Gasteiger partial charge in [0, 0.05) is 5.69 Å². The molecule has 1 aliphatic heterocycles. The predicted octanol–water partition coefficient (Wildman–Crippen LogP) is 2.48. The van der Waals surface area contributed by atoms with E-state index >= 15 is 0 Å². The average Bonchev–Trinajstić information content (AvgIpc) is 3.20. The van der Waals surface area contributed by atoms with E-state index < -0.39 is 5.54 Å². The van der Waals surface area contributed by atoms with E-state index in [1.54, 1.807) is 6.92 Å². The van der Waals surface area contributed by atoms with Crippen LogP contribution in [-0.4, -0.2) is 39.4 Å². The van der Waals surface area contributed by atoms with Crippen LogP contribution in [0.25, 0.3) is 0 Å². The van der Waals surface area contributed by atoms with Gasteiger partial charge in [0.2, 0.25) is 5.91 Å². The summed E-state index contributed by atoms with van der Waals surface area (Å²) in [7, 11) is 0. The Morgan fingerprint density at radius 3 is 2.88 bits per heavy atom. The van der Waals surface area contributed by atoms with Crippen molar-refractivity contribution in [2.24, 2.45) is 5.92 Å². The molecule has 1 amide bonds. The number of nitrogens with zero attached hydrogens (tertiary/aromatic N) is 3. The van der Waals surface area contributed by atoms with Crippen LogP contribution in [0.2, 0.25) is 0 Å². The maximum atomic E-state index is 12.5. The zero-order valence-corrected chi connectivity index (χ0v) is 15.6. The van der Waals surface area contributed by atoms with Crippen molar-refractivity contribution in [1.82, 2.24) is 20.2 Å². The molecule has 1 aromatic heterocycles. The van der Waals surface area contributed by atoms with Crippen LogP contribution < -0.4 is 5.32 Å². The Kier molecular flexibility index (Phi) is 5.14. The van der Waals surface area contributed by atoms with E-state index in [9.17, 15) is 10.1 Å². The molecule has 2 atom stereocenters. The van der Waals surface area contributed by atoms with Crippen LogP contribution >= 0.6 is 0 Å². The maximum absolute atomic E-state index is 12.5. The van der Waals surface area contributed by atoms with Crippen LogP contribution in [0.3, 0.4) is 0 Å². The van der Waals surface area contributed by atoms with Crippen LogP contribution in [0.4, 0.5) is 0 Å². The normalized spacial score (nSPS) is 23.1. The molecule has 2 heterocycles. The van der Waals surface area contributed by atoms with Crippen molar-refractivity contribution < 1.29 is 4.79 Å². The lowest BCUT2D eigenvalue weighted by Crippen LogP contribution is -2.51. The largest absolute Gasteiger partial charge is 0.344 e. The van der Waals surface area contributed by atoms with E-state index in [4.69, 9.17) is 4.98 Å². The fourth-order valence-electron chi connectivity index (χ4n) is 3.77. The lowest BCUT2D eigenvalue weighted by atomic mass is 9.90. The lowest BCUT2D eigenvalue weighted by molar-refractivity contribution is -0.124. The zero-order chi connectivity index (χ0) is 18.0. The Morgan fingerprint density at radius 1 is 1.44 bits per heavy atom. The molecule has 1 saturated heterocycles. The van der Waals surface area contributed by atoms with Gasteiger partial charge in [-0.15, -0.1) is 0 Å². The third-order valence-electron chi connectivity index (χ3n) is 5.79. The van der Waals surface area contributed by atoms with Crippen molar-refractivity contribution in [3.63, 3.8) is 0 Å². The topological polar surface area (TPSA) is 84.8 Å². The fourth-order valence-corrected chi connectivity index (χ4v) is 3.77. The van der Waals surface area contributed by atoms with Crippen LogP contribution in [0, 0.1) is 17.2 Å². The van der Waals surface area contributed by atoms with E-state index in [1.165, 1.54) is 24.2 Å². The summed E-state index contributed by atoms with van der Waals surface area (Å²) in [4.78, 5) is 23.1. The first-order valence-electron chi connectivity index (χ1n) is 9.47. The molecule has 1 aromatic rings. The highest BCUT2D eigenvalue weighted by molar-refractivity contribution is 5.79. The Balaban J connectivity index is 1.67. The highest BCUT2D eigenvalue weighted by atomic mass is 16.2. The van der Waals surface area contributed by atoms with Crippen LogP contribution in [-0.2, 0) is 17.6 Å². The van der Waals surface area contributed by atoms with E-state index in [0.717, 1.165) is 38.1 Å². The summed E-state index contributed by atoms with van der Waals surface area (Å²) < 4.78 is 0. The number of likely N-dealkylation sites (tertiary alicyclic amines) is 1. The number of nitrogens with one attached hydrogen (secondary N) is 2. The standard InChI is InChI=1S/C19H29N5O/c1-13(2)19(3,12-20)23-17(25)11-24-10-6-9-16(24)18-21-14-7-4-5-8-15(14)22-18/h13,16H,4-11H2,1-3H3,(H,21,22)(H,23,25). The molecule has 25 heavy (non-hydrogen) atoms. The zero-order valence-electron chi connectivity index (χ0n) is 15.6. The summed E-state index contributed by atoms with van der Waals surface area (Å²) in [6.45, 7) is 6.91. The fraction of sp³-hybridized carbons (Fsp3) is 0.737. The number of amides is 1. The van der Waals surface area contributed by atoms with E-state index in [2.05, 4.69) is 21.3 Å². The second-order valence-electron chi connectivity index (χ2n) is 7.90. The van der Waals surface area contributed by atoms with Gasteiger partial charge in [0.25, 0.3) is 0 Å². The molecule has 1 fully saturated rings. The highest BCUT2D eigenvalue weighted by Crippen LogP contribution is 2.32. The summed E-state index contributed by atoms with van der Waals surface area (Å²) in [5, 5.41) is 12.3. The summed E-state index contributed by atoms with van der Waals surface area (Å²) in [5.41, 5.74) is 1.68. The van der Waals surface area contributed by atoms with Gasteiger partial charge < -0.3 is 10.3 Å². The van der Waals surface area contributed by atoms with Crippen molar-refractivity contribution in [3.05, 3.63) is 17.2 Å². The summed E-state index contributed by atoms with van der Waals surface area (Å²) in [6.07, 6.45) is 6.70. The van der Waals surface area contributed by atoms with Crippen LogP contribution in [0.15, 0.2) is 0 Å². The molecule has 6 heteroatoms. The maximum Gasteiger partial charge on any atom is 0.235 e. The lowest BCUT2D eigenvalue weighted by Gasteiger charge is -2.29. The second-order valence-corrected chi connectivity index (χ2v) is 7.90. The predicted molar refractivity (Wildman–Crippen MR) is 95.8 cm³/mol. The molecular formula is C19H29N5O. The Labute approximate surface area is 150 Å². The molecule has 6 nitrogen and oxygen atoms in total. The second kappa shape index (κ2) is 7.17. The van der Waals surface area contributed by atoms with Gasteiger partial charge in [-0.05, 0) is 57.9 Å². The van der Waals surface area contributed by atoms with Crippen molar-refractivity contribution >= 4 is 5.91 Å². The molecule has 0 aromatic carbocycles. The van der Waals surface area contributed by atoms with Gasteiger partial charge in [-0.3, -0.25) is 9.69 Å². The Morgan fingerprint density at radius 2 is 2.20 bits per heavy atom. The highest BCUT2D eigenvalue weighted by Gasteiger charge is 2.34. The molecule has 0 saturated carbocycles. The molecule has 2 unspecified atom stereocenters. The van der Waals surface area contributed by atoms with Crippen molar-refractivity contribution in [2.45, 2.75) is 70.9 Å². The van der Waals surface area contributed by atoms with E-state index in [0.29, 0.717) is 6.54 Å². The molecule has 0 bridgehead atoms. The van der Waals surface area contributed by atoms with Gasteiger partial charge in [0.05, 0.1) is 24.3 Å². The third-order valence-corrected chi connectivity index (χ3v) is 5.79. The number of imidazole rings is 1. The van der Waals surface area contributed by atoms with Gasteiger partial charge >= 0.3 is 0 Å². The quantitative estimate of drug-likeness (QED) is 0.860. The number of carbonyl (C=O) groups excluding carboxylic acids is 1. The molecule has 2 N–H and O–H groups in total. The van der Waals surface area contributed by atoms with Crippen molar-refractivity contribution in [3.8, 4) is 6.07 Å². The Bertz CT molecular complexity index is 650. The molecule has 1 aliphatic carbocycles. The molecule has 3 rings (SSSR count). The molecule has 2 aliphatic rings. The van der Waals surface area contributed by atoms with Gasteiger partial charge in [0.1, 0.15) is 11.4 Å². The van der Waals surface area contributed by atoms with Crippen LogP contribution in [0.5, 0.6) is 0 Å². The van der Waals surface area contributed by atoms with Gasteiger partial charge in [0.15, 0.2) is 0 Å². The van der Waals surface area contributed by atoms with Crippen molar-refractivity contribution in [1.29, 1.82) is 5.26 Å². The number of aromatic amines is 1. The molecule has 0 radical (unpaired) electrons. The number of carbonyl (C=O) groups is 1. The first kappa shape index (κ1) is 17.9. The molecule has 0 spiro atoms. The number of aryl methyl sites for hydroxylation is 2. The number of aromatic nitrogens is 2. The monoisotopic (exact) mass is 343 g/mol. The summed E-state index contributed by atoms with van der Waals surface area (Å²) >= 11 is 0. The average molecular weight is 343 g/mol. The SMILES string of the molecule is CC(C)C(C)(C#N)NC(=O)CN1CCCC1c1nc2c([nH]1)CCCC2. The van der Waals surface area contributed by atoms with E-state index in [-0.39, 0.29) is 17.9 Å². The summed E-state index contributed by atoms with van der Waals surface area (Å²) in [6, 6.07) is 2.42. The minimum atomic E-state index is -0.823. The van der Waals surface area contributed by atoms with Crippen molar-refractivity contribution in [2.75, 3.05) is 13.1 Å². The first-order chi connectivity index (χ1) is 11.9. The molecular weight excluding hydrogens is 314 g/mol. The minimum Gasteiger partial charge on any atom is -0.344 e. The van der Waals surface area contributed by atoms with Gasteiger partial charge in [-0.2, -0.15) is 5.26 Å². The van der Waals surface area contributed by atoms with Gasteiger partial charge in [-0.25, -0.2) is 4.98 Å². The molecule has 136 valence electrons. The summed E-state index contributed by atoms with van der Waals surface area (Å²) in [5.74, 6) is 0.998. The number of H-pyrrole nitrogens is 1. The number of hydrogen-bond acceptors (Lipinski definition) is 4. The van der Waals surface area contributed by atoms with E-state index in [1.807, 2.05) is 13.8 Å². The number of hydrogen-bond donors (Lipinski definition) is 2. The first-order valence-corrected chi connectivity index (χ1v) is 9.47.